The first kappa shape index (κ1) is 26.8. The van der Waals surface area contributed by atoms with Gasteiger partial charge in [-0.2, -0.15) is 0 Å². The predicted molar refractivity (Wildman–Crippen MR) is 111 cm³/mol. The Morgan fingerprint density at radius 3 is 2.12 bits per heavy atom. The number of nitrogens with zero attached hydrogens (tertiary/aromatic N) is 1. The molecule has 32 heavy (non-hydrogen) atoms. The Hall–Kier alpha value is -3.22. The monoisotopic (exact) mass is 456 g/mol. The van der Waals surface area contributed by atoms with Gasteiger partial charge in [0.1, 0.15) is 18.1 Å². The fourth-order valence-corrected chi connectivity index (χ4v) is 3.40. The zero-order valence-electron chi connectivity index (χ0n) is 18.2. The van der Waals surface area contributed by atoms with E-state index in [-0.39, 0.29) is 12.5 Å². The number of carbonyl (C=O) groups is 6. The van der Waals surface area contributed by atoms with Crippen LogP contribution < -0.4 is 27.8 Å². The molecular formula is C19H32N6O7. The van der Waals surface area contributed by atoms with Crippen molar-refractivity contribution in [2.75, 3.05) is 6.54 Å². The van der Waals surface area contributed by atoms with Gasteiger partial charge in [-0.1, -0.05) is 20.3 Å². The molecule has 0 aromatic heterocycles. The van der Waals surface area contributed by atoms with Crippen LogP contribution >= 0.6 is 0 Å². The first-order valence-corrected chi connectivity index (χ1v) is 10.3. The number of carboxylic acids is 1. The van der Waals surface area contributed by atoms with Gasteiger partial charge in [-0.25, -0.2) is 4.79 Å². The molecule has 13 nitrogen and oxygen atoms in total. The van der Waals surface area contributed by atoms with Crippen LogP contribution in [0.4, 0.5) is 0 Å². The highest BCUT2D eigenvalue weighted by atomic mass is 16.4. The maximum atomic E-state index is 13.1. The lowest BCUT2D eigenvalue weighted by atomic mass is 9.96. The molecule has 0 aliphatic carbocycles. The first-order valence-electron chi connectivity index (χ1n) is 10.3. The summed E-state index contributed by atoms with van der Waals surface area (Å²) in [7, 11) is 0. The largest absolute Gasteiger partial charge is 0.480 e. The number of hydrogen-bond donors (Lipinski definition) is 6. The summed E-state index contributed by atoms with van der Waals surface area (Å²) in [5.74, 6) is -5.56. The van der Waals surface area contributed by atoms with E-state index in [4.69, 9.17) is 17.2 Å². The molecule has 1 heterocycles. The summed E-state index contributed by atoms with van der Waals surface area (Å²) >= 11 is 0. The second-order valence-electron chi connectivity index (χ2n) is 7.91. The van der Waals surface area contributed by atoms with Crippen LogP contribution in [0.2, 0.25) is 0 Å². The van der Waals surface area contributed by atoms with Crippen molar-refractivity contribution < 1.29 is 33.9 Å². The van der Waals surface area contributed by atoms with E-state index in [1.165, 1.54) is 4.90 Å². The predicted octanol–water partition coefficient (Wildman–Crippen LogP) is -2.84. The van der Waals surface area contributed by atoms with E-state index in [0.717, 1.165) is 0 Å². The molecule has 0 saturated carbocycles. The van der Waals surface area contributed by atoms with E-state index in [0.29, 0.717) is 19.3 Å². The quantitative estimate of drug-likeness (QED) is 0.179. The molecule has 0 bridgehead atoms. The molecule has 0 aromatic carbocycles. The number of aliphatic carboxylic acids is 1. The van der Waals surface area contributed by atoms with E-state index in [2.05, 4.69) is 10.6 Å². The molecule has 1 aliphatic heterocycles. The highest BCUT2D eigenvalue weighted by Crippen LogP contribution is 2.21. The Kier molecular flexibility index (Phi) is 10.0. The molecule has 9 N–H and O–H groups in total. The lowest BCUT2D eigenvalue weighted by Crippen LogP contribution is -2.59. The highest BCUT2D eigenvalue weighted by Gasteiger charge is 2.40. The van der Waals surface area contributed by atoms with Crippen LogP contribution in [0.3, 0.4) is 0 Å². The Morgan fingerprint density at radius 1 is 1.03 bits per heavy atom. The number of nitrogens with one attached hydrogen (secondary N) is 2. The molecule has 1 saturated heterocycles. The van der Waals surface area contributed by atoms with Crippen molar-refractivity contribution in [3.8, 4) is 0 Å². The number of amides is 5. The van der Waals surface area contributed by atoms with Gasteiger partial charge < -0.3 is 37.8 Å². The fraction of sp³-hybridized carbons (Fsp3) is 0.684. The van der Waals surface area contributed by atoms with E-state index in [1.54, 1.807) is 13.8 Å². The summed E-state index contributed by atoms with van der Waals surface area (Å²) in [4.78, 5) is 73.2. The van der Waals surface area contributed by atoms with Crippen LogP contribution in [-0.2, 0) is 28.8 Å². The molecule has 5 amide bonds. The molecule has 180 valence electrons. The number of carboxylic acid groups (broad SMARTS) is 1. The molecule has 0 aromatic rings. The number of likely N-dealkylation sites (tertiary alicyclic amines) is 1. The van der Waals surface area contributed by atoms with Crippen molar-refractivity contribution in [3.63, 3.8) is 0 Å². The van der Waals surface area contributed by atoms with Crippen LogP contribution in [0, 0.1) is 5.92 Å². The van der Waals surface area contributed by atoms with Crippen molar-refractivity contribution >= 4 is 35.5 Å². The average molecular weight is 457 g/mol. The highest BCUT2D eigenvalue weighted by molar-refractivity contribution is 5.97. The van der Waals surface area contributed by atoms with Crippen LogP contribution in [-0.4, -0.2) is 76.2 Å². The zero-order chi connectivity index (χ0) is 24.6. The molecule has 1 aliphatic rings. The molecule has 0 spiro atoms. The van der Waals surface area contributed by atoms with Gasteiger partial charge in [-0.15, -0.1) is 0 Å². The number of nitrogens with two attached hydrogens (primary N) is 3. The van der Waals surface area contributed by atoms with E-state index in [9.17, 15) is 33.9 Å². The maximum absolute atomic E-state index is 13.1. The standard InChI is InChI=1S/C19H32N6O7/c1-3-9(2)15(18(30)25-6-4-5-12(25)19(31)32)24-17(29)11(8-14(22)27)23-16(28)10(20)7-13(21)26/h9-12,15H,3-8,20H2,1-2H3,(H2,21,26)(H2,22,27)(H,23,28)(H,24,29)(H,31,32). The third-order valence-electron chi connectivity index (χ3n) is 5.39. The van der Waals surface area contributed by atoms with Gasteiger partial charge in [0.15, 0.2) is 0 Å². The van der Waals surface area contributed by atoms with E-state index >= 15 is 0 Å². The summed E-state index contributed by atoms with van der Waals surface area (Å²) in [6.45, 7) is 3.74. The fourth-order valence-electron chi connectivity index (χ4n) is 3.40. The minimum absolute atomic E-state index is 0.238. The van der Waals surface area contributed by atoms with Gasteiger partial charge >= 0.3 is 5.97 Å². The second-order valence-corrected chi connectivity index (χ2v) is 7.91. The topological polar surface area (TPSA) is 228 Å². The van der Waals surface area contributed by atoms with E-state index in [1.807, 2.05) is 0 Å². The van der Waals surface area contributed by atoms with Crippen LogP contribution in [0.15, 0.2) is 0 Å². The Morgan fingerprint density at radius 2 is 1.62 bits per heavy atom. The first-order chi connectivity index (χ1) is 14.9. The molecule has 1 rings (SSSR count). The summed E-state index contributed by atoms with van der Waals surface area (Å²) in [6.07, 6.45) is 0.251. The van der Waals surface area contributed by atoms with Gasteiger partial charge in [0.05, 0.1) is 18.9 Å². The van der Waals surface area contributed by atoms with Gasteiger partial charge in [-0.3, -0.25) is 24.0 Å². The van der Waals surface area contributed by atoms with Crippen molar-refractivity contribution in [3.05, 3.63) is 0 Å². The summed E-state index contributed by atoms with van der Waals surface area (Å²) < 4.78 is 0. The molecule has 1 fully saturated rings. The molecule has 5 unspecified atom stereocenters. The smallest absolute Gasteiger partial charge is 0.326 e. The van der Waals surface area contributed by atoms with Crippen LogP contribution in [0.5, 0.6) is 0 Å². The normalized spacial score (nSPS) is 19.3. The van der Waals surface area contributed by atoms with Crippen molar-refractivity contribution in [2.45, 2.75) is 70.1 Å². The summed E-state index contributed by atoms with van der Waals surface area (Å²) in [6, 6.07) is -4.87. The third kappa shape index (κ3) is 7.48. The SMILES string of the molecule is CCC(C)C(NC(=O)C(CC(N)=O)NC(=O)C(N)CC(N)=O)C(=O)N1CCCC1C(=O)O. The molecule has 0 radical (unpaired) electrons. The van der Waals surface area contributed by atoms with Crippen LogP contribution in [0.1, 0.15) is 46.0 Å². The van der Waals surface area contributed by atoms with Gasteiger partial charge in [0.2, 0.25) is 29.5 Å². The molecular weight excluding hydrogens is 424 g/mol. The minimum Gasteiger partial charge on any atom is -0.480 e. The van der Waals surface area contributed by atoms with Crippen LogP contribution in [0.25, 0.3) is 0 Å². The van der Waals surface area contributed by atoms with Crippen molar-refractivity contribution in [1.82, 2.24) is 15.5 Å². The van der Waals surface area contributed by atoms with Gasteiger partial charge in [0.25, 0.3) is 0 Å². The van der Waals surface area contributed by atoms with Gasteiger partial charge in [0, 0.05) is 6.54 Å². The third-order valence-corrected chi connectivity index (χ3v) is 5.39. The van der Waals surface area contributed by atoms with Crippen molar-refractivity contribution in [1.29, 1.82) is 0 Å². The number of primary amides is 2. The number of rotatable bonds is 12. The summed E-state index contributed by atoms with van der Waals surface area (Å²) in [5, 5.41) is 14.1. The second kappa shape index (κ2) is 12.0. The average Bonchev–Trinajstić information content (AvgIpc) is 3.19. The lowest BCUT2D eigenvalue weighted by Gasteiger charge is -2.31. The van der Waals surface area contributed by atoms with Crippen molar-refractivity contribution in [2.24, 2.45) is 23.1 Å². The minimum atomic E-state index is -1.45. The maximum Gasteiger partial charge on any atom is 0.326 e. The molecule has 5 atom stereocenters. The zero-order valence-corrected chi connectivity index (χ0v) is 18.2. The summed E-state index contributed by atoms with van der Waals surface area (Å²) in [5.41, 5.74) is 15.7. The number of carbonyl (C=O) groups excluding carboxylic acids is 5. The molecule has 13 heteroatoms. The Balaban J connectivity index is 3.04. The van der Waals surface area contributed by atoms with Gasteiger partial charge in [-0.05, 0) is 18.8 Å². The Labute approximate surface area is 185 Å². The van der Waals surface area contributed by atoms with E-state index < -0.39 is 72.5 Å². The Bertz CT molecular complexity index is 758. The number of hydrogen-bond acceptors (Lipinski definition) is 7. The lowest BCUT2D eigenvalue weighted by molar-refractivity contribution is -0.150.